The maximum absolute atomic E-state index is 13.4. The number of aromatic nitrogens is 2. The Balaban J connectivity index is 1.25. The Morgan fingerprint density at radius 3 is 2.31 bits per heavy atom. The SMILES string of the molecule is O=C(O)c1cccc(NC(=O)c2nc(CC34CC5CC(CC(C5)C3)C4)[nH]c2CCc2ccccc2)c1. The lowest BCUT2D eigenvalue weighted by molar-refractivity contribution is -0.0531. The van der Waals surface area contributed by atoms with Gasteiger partial charge in [0.15, 0.2) is 0 Å². The highest BCUT2D eigenvalue weighted by Crippen LogP contribution is 2.60. The maximum atomic E-state index is 13.4. The van der Waals surface area contributed by atoms with Crippen molar-refractivity contribution in [1.29, 1.82) is 0 Å². The van der Waals surface area contributed by atoms with E-state index in [-0.39, 0.29) is 11.5 Å². The standard InChI is InChI=1S/C30H33N3O3/c34-28(31-24-8-4-7-23(14-24)29(35)36)27-25(10-9-19-5-2-1-3-6-19)32-26(33-27)18-30-15-20-11-21(16-30)13-22(12-20)17-30/h1-8,14,20-22H,9-13,15-18H2,(H,31,34)(H,32,33)(H,35,36). The number of carbonyl (C=O) groups excluding carboxylic acids is 1. The van der Waals surface area contributed by atoms with Gasteiger partial charge in [0, 0.05) is 17.8 Å². The monoisotopic (exact) mass is 483 g/mol. The average Bonchev–Trinajstić information content (AvgIpc) is 3.24. The Bertz CT molecular complexity index is 1240. The fraction of sp³-hybridized carbons (Fsp3) is 0.433. The summed E-state index contributed by atoms with van der Waals surface area (Å²) in [4.78, 5) is 33.1. The Kier molecular flexibility index (Phi) is 5.90. The molecule has 2 aromatic carbocycles. The third-order valence-corrected chi connectivity index (χ3v) is 8.62. The van der Waals surface area contributed by atoms with E-state index in [2.05, 4.69) is 22.4 Å². The molecule has 0 unspecified atom stereocenters. The molecule has 0 spiro atoms. The van der Waals surface area contributed by atoms with E-state index in [1.807, 2.05) is 18.2 Å². The van der Waals surface area contributed by atoms with Crippen molar-refractivity contribution in [3.63, 3.8) is 0 Å². The van der Waals surface area contributed by atoms with Crippen molar-refractivity contribution in [2.45, 2.75) is 57.8 Å². The number of nitrogens with zero attached hydrogens (tertiary/aromatic N) is 1. The number of rotatable bonds is 8. The first-order valence-electron chi connectivity index (χ1n) is 13.2. The van der Waals surface area contributed by atoms with E-state index in [0.717, 1.165) is 42.1 Å². The van der Waals surface area contributed by atoms with Crippen LogP contribution in [-0.2, 0) is 19.3 Å². The van der Waals surface area contributed by atoms with Gasteiger partial charge in [-0.2, -0.15) is 0 Å². The number of hydrogen-bond acceptors (Lipinski definition) is 3. The summed E-state index contributed by atoms with van der Waals surface area (Å²) in [7, 11) is 0. The molecule has 1 aromatic heterocycles. The summed E-state index contributed by atoms with van der Waals surface area (Å²) in [6, 6.07) is 16.6. The van der Waals surface area contributed by atoms with Gasteiger partial charge in [0.25, 0.3) is 5.91 Å². The Hall–Kier alpha value is -3.41. The molecule has 6 nitrogen and oxygen atoms in total. The van der Waals surface area contributed by atoms with Gasteiger partial charge in [-0.25, -0.2) is 9.78 Å². The van der Waals surface area contributed by atoms with E-state index in [9.17, 15) is 14.7 Å². The first kappa shape index (κ1) is 23.0. The normalized spacial score (nSPS) is 26.2. The second-order valence-electron chi connectivity index (χ2n) is 11.4. The van der Waals surface area contributed by atoms with Crippen LogP contribution in [0.5, 0.6) is 0 Å². The van der Waals surface area contributed by atoms with E-state index in [1.54, 1.807) is 12.1 Å². The van der Waals surface area contributed by atoms with E-state index in [1.165, 1.54) is 56.2 Å². The van der Waals surface area contributed by atoms with Gasteiger partial charge < -0.3 is 15.4 Å². The van der Waals surface area contributed by atoms with Crippen molar-refractivity contribution in [2.24, 2.45) is 23.2 Å². The number of anilines is 1. The van der Waals surface area contributed by atoms with Crippen molar-refractivity contribution in [2.75, 3.05) is 5.32 Å². The first-order chi connectivity index (χ1) is 17.4. The predicted octanol–water partition coefficient (Wildman–Crippen LogP) is 5.90. The average molecular weight is 484 g/mol. The molecule has 0 aliphatic heterocycles. The van der Waals surface area contributed by atoms with Crippen LogP contribution in [0.3, 0.4) is 0 Å². The number of nitrogens with one attached hydrogen (secondary N) is 2. The zero-order valence-electron chi connectivity index (χ0n) is 20.5. The van der Waals surface area contributed by atoms with E-state index >= 15 is 0 Å². The van der Waals surface area contributed by atoms with Crippen molar-refractivity contribution in [3.8, 4) is 0 Å². The quantitative estimate of drug-likeness (QED) is 0.371. The third kappa shape index (κ3) is 4.69. The summed E-state index contributed by atoms with van der Waals surface area (Å²) < 4.78 is 0. The summed E-state index contributed by atoms with van der Waals surface area (Å²) >= 11 is 0. The third-order valence-electron chi connectivity index (χ3n) is 8.62. The zero-order valence-corrected chi connectivity index (χ0v) is 20.5. The fourth-order valence-corrected chi connectivity index (χ4v) is 7.61. The number of hydrogen-bond donors (Lipinski definition) is 3. The molecule has 36 heavy (non-hydrogen) atoms. The van der Waals surface area contributed by atoms with Gasteiger partial charge in [0.05, 0.1) is 5.56 Å². The van der Waals surface area contributed by atoms with Crippen LogP contribution in [0.25, 0.3) is 0 Å². The van der Waals surface area contributed by atoms with Crippen LogP contribution in [0, 0.1) is 23.2 Å². The lowest BCUT2D eigenvalue weighted by atomic mass is 9.49. The maximum Gasteiger partial charge on any atom is 0.335 e. The number of carboxylic acids is 1. The van der Waals surface area contributed by atoms with Gasteiger partial charge in [-0.15, -0.1) is 0 Å². The molecule has 186 valence electrons. The fourth-order valence-electron chi connectivity index (χ4n) is 7.61. The molecule has 4 bridgehead atoms. The topological polar surface area (TPSA) is 95.1 Å². The number of amides is 1. The molecule has 0 radical (unpaired) electrons. The minimum Gasteiger partial charge on any atom is -0.478 e. The van der Waals surface area contributed by atoms with E-state index in [0.29, 0.717) is 23.2 Å². The number of aryl methyl sites for hydroxylation is 2. The molecule has 4 saturated carbocycles. The molecule has 6 heteroatoms. The Labute approximate surface area is 211 Å². The molecule has 0 saturated heterocycles. The molecule has 1 heterocycles. The van der Waals surface area contributed by atoms with Gasteiger partial charge in [0.1, 0.15) is 11.5 Å². The zero-order chi connectivity index (χ0) is 24.7. The number of carbonyl (C=O) groups is 2. The summed E-state index contributed by atoms with van der Waals surface area (Å²) in [6.45, 7) is 0. The number of carboxylic acid groups (broad SMARTS) is 1. The summed E-state index contributed by atoms with van der Waals surface area (Å²) in [5, 5.41) is 12.2. The van der Waals surface area contributed by atoms with Crippen LogP contribution < -0.4 is 5.32 Å². The number of aromatic carboxylic acids is 1. The summed E-state index contributed by atoms with van der Waals surface area (Å²) in [6.07, 6.45) is 10.5. The highest BCUT2D eigenvalue weighted by Gasteiger charge is 2.51. The number of H-pyrrole nitrogens is 1. The van der Waals surface area contributed by atoms with E-state index in [4.69, 9.17) is 4.98 Å². The molecule has 1 amide bonds. The van der Waals surface area contributed by atoms with Crippen LogP contribution in [0.4, 0.5) is 5.69 Å². The molecule has 0 atom stereocenters. The smallest absolute Gasteiger partial charge is 0.335 e. The number of benzene rings is 2. The molecule has 3 aromatic rings. The second kappa shape index (κ2) is 9.23. The Morgan fingerprint density at radius 1 is 0.944 bits per heavy atom. The predicted molar refractivity (Wildman–Crippen MR) is 138 cm³/mol. The minimum atomic E-state index is -1.02. The summed E-state index contributed by atoms with van der Waals surface area (Å²) in [5.74, 6) is 2.21. The largest absolute Gasteiger partial charge is 0.478 e. The number of aromatic amines is 1. The Morgan fingerprint density at radius 2 is 1.64 bits per heavy atom. The second-order valence-corrected chi connectivity index (χ2v) is 11.4. The molecule has 4 aliphatic carbocycles. The molecule has 4 fully saturated rings. The molecule has 7 rings (SSSR count). The first-order valence-corrected chi connectivity index (χ1v) is 13.2. The lowest BCUT2D eigenvalue weighted by Crippen LogP contribution is -2.47. The van der Waals surface area contributed by atoms with Crippen molar-refractivity contribution < 1.29 is 14.7 Å². The highest BCUT2D eigenvalue weighted by atomic mass is 16.4. The lowest BCUT2D eigenvalue weighted by Gasteiger charge is -2.56. The minimum absolute atomic E-state index is 0.140. The summed E-state index contributed by atoms with van der Waals surface area (Å²) in [5.41, 5.74) is 3.42. The van der Waals surface area contributed by atoms with Crippen LogP contribution in [-0.4, -0.2) is 27.0 Å². The van der Waals surface area contributed by atoms with Crippen LogP contribution in [0.2, 0.25) is 0 Å². The number of imidazole rings is 1. The van der Waals surface area contributed by atoms with Gasteiger partial charge in [0.2, 0.25) is 0 Å². The molecular formula is C30H33N3O3. The van der Waals surface area contributed by atoms with Crippen molar-refractivity contribution in [3.05, 3.63) is 82.9 Å². The van der Waals surface area contributed by atoms with Crippen LogP contribution >= 0.6 is 0 Å². The molecular weight excluding hydrogens is 450 g/mol. The molecule has 4 aliphatic rings. The van der Waals surface area contributed by atoms with Crippen molar-refractivity contribution >= 4 is 17.6 Å². The highest BCUT2D eigenvalue weighted by molar-refractivity contribution is 6.04. The van der Waals surface area contributed by atoms with Gasteiger partial charge >= 0.3 is 5.97 Å². The van der Waals surface area contributed by atoms with Crippen LogP contribution in [0.15, 0.2) is 54.6 Å². The van der Waals surface area contributed by atoms with Crippen LogP contribution in [0.1, 0.15) is 76.5 Å². The molecule has 3 N–H and O–H groups in total. The van der Waals surface area contributed by atoms with Gasteiger partial charge in [-0.3, -0.25) is 4.79 Å². The van der Waals surface area contributed by atoms with Gasteiger partial charge in [-0.05, 0) is 98.3 Å². The van der Waals surface area contributed by atoms with Crippen molar-refractivity contribution in [1.82, 2.24) is 9.97 Å². The van der Waals surface area contributed by atoms with E-state index < -0.39 is 5.97 Å². The van der Waals surface area contributed by atoms with Gasteiger partial charge in [-0.1, -0.05) is 36.4 Å².